The zero-order valence-corrected chi connectivity index (χ0v) is 32.2. The van der Waals surface area contributed by atoms with Crippen LogP contribution in [-0.4, -0.2) is 9.79 Å². The molecule has 3 nitrogen and oxygen atoms in total. The number of unbranched alkanes of at least 4 members (excludes halogenated alkanes) is 22. The Labute approximate surface area is 288 Å². The van der Waals surface area contributed by atoms with Gasteiger partial charge in [0.25, 0.3) is 0 Å². The molecule has 1 rings (SSSR count). The van der Waals surface area contributed by atoms with E-state index in [0.717, 1.165) is 12.0 Å². The summed E-state index contributed by atoms with van der Waals surface area (Å²) in [5.41, 5.74) is 1.09. The van der Waals surface area contributed by atoms with Gasteiger partial charge in [0.2, 0.25) is 0 Å². The molecule has 46 heavy (non-hydrogen) atoms. The summed E-state index contributed by atoms with van der Waals surface area (Å²) in [6.45, 7) is 9.16. The van der Waals surface area contributed by atoms with Gasteiger partial charge < -0.3 is 9.79 Å². The molecule has 0 amide bonds. The second-order valence-electron chi connectivity index (χ2n) is 14.8. The van der Waals surface area contributed by atoms with Crippen LogP contribution in [-0.2, 0) is 4.57 Å². The van der Waals surface area contributed by atoms with E-state index in [9.17, 15) is 14.4 Å². The first-order valence-corrected chi connectivity index (χ1v) is 22.1. The molecule has 0 heterocycles. The fraction of sp³-hybridized carbons (Fsp3) is 0.857. The molecule has 0 bridgehead atoms. The summed E-state index contributed by atoms with van der Waals surface area (Å²) in [5.74, 6) is 0.221. The summed E-state index contributed by atoms with van der Waals surface area (Å²) in [6, 6.07) is 7.71. The molecule has 0 aromatic heterocycles. The first kappa shape index (κ1) is 43.4. The summed E-state index contributed by atoms with van der Waals surface area (Å²) < 4.78 is 12.9. The van der Waals surface area contributed by atoms with Crippen molar-refractivity contribution >= 4 is 12.9 Å². The van der Waals surface area contributed by atoms with Crippen molar-refractivity contribution in [1.82, 2.24) is 0 Å². The molecule has 0 aliphatic rings. The number of hydrogen-bond donors (Lipinski definition) is 2. The fourth-order valence-electron chi connectivity index (χ4n) is 7.99. The van der Waals surface area contributed by atoms with E-state index >= 15 is 0 Å². The van der Waals surface area contributed by atoms with Crippen LogP contribution in [0.3, 0.4) is 0 Å². The molecule has 270 valence electrons. The minimum Gasteiger partial charge on any atom is -0.321 e. The lowest BCUT2D eigenvalue weighted by molar-refractivity contribution is 0.139. The molecule has 1 aromatic carbocycles. The van der Waals surface area contributed by atoms with E-state index < -0.39 is 7.60 Å². The topological polar surface area (TPSA) is 57.5 Å². The maximum Gasteiger partial charge on any atom is 0.356 e. The predicted molar refractivity (Wildman–Crippen MR) is 205 cm³/mol. The zero-order valence-electron chi connectivity index (χ0n) is 31.3. The van der Waals surface area contributed by atoms with Gasteiger partial charge in [-0.2, -0.15) is 0 Å². The number of benzene rings is 1. The second-order valence-corrected chi connectivity index (χ2v) is 16.4. The highest BCUT2D eigenvalue weighted by atomic mass is 31.2. The van der Waals surface area contributed by atoms with Gasteiger partial charge in [0.05, 0.1) is 5.30 Å². The van der Waals surface area contributed by atoms with Gasteiger partial charge in [-0.25, -0.2) is 0 Å². The molecule has 0 saturated heterocycles. The molecule has 4 heteroatoms. The van der Waals surface area contributed by atoms with Crippen molar-refractivity contribution in [3.63, 3.8) is 0 Å². The Morgan fingerprint density at radius 3 is 1.22 bits per heavy atom. The maximum absolute atomic E-state index is 12.9. The second kappa shape index (κ2) is 28.2. The third kappa shape index (κ3) is 19.4. The van der Waals surface area contributed by atoms with Gasteiger partial charge in [-0.1, -0.05) is 213 Å². The van der Waals surface area contributed by atoms with Crippen LogP contribution < -0.4 is 5.30 Å². The SMILES string of the molecule is CCCCCCCCCCC(c1ccccc1P(=O)(O)O)C(CCCCCC)(CCCCCCCC)CCCCCCCCCC. The summed E-state index contributed by atoms with van der Waals surface area (Å²) in [6.07, 6.45) is 38.5. The lowest BCUT2D eigenvalue weighted by atomic mass is 9.62. The quantitative estimate of drug-likeness (QED) is 0.0582. The Hall–Kier alpha value is -0.630. The van der Waals surface area contributed by atoms with Gasteiger partial charge in [-0.05, 0) is 48.6 Å². The Kier molecular flexibility index (Phi) is 26.6. The standard InChI is InChI=1S/C42H79O3P/c1-5-9-13-17-20-22-24-27-34-40(39-33-28-29-35-41(39)46(43,44)45)42(36-30-16-12-8-4,37-31-25-19-15-11-7-3)38-32-26-23-21-18-14-10-6-2/h28-29,33,35,40H,5-27,30-32,34,36-38H2,1-4H3,(H2,43,44,45). The zero-order chi connectivity index (χ0) is 33.8. The normalized spacial score (nSPS) is 14.0. The monoisotopic (exact) mass is 663 g/mol. The van der Waals surface area contributed by atoms with Crippen LogP contribution in [0.25, 0.3) is 0 Å². The van der Waals surface area contributed by atoms with Crippen molar-refractivity contribution < 1.29 is 14.4 Å². The van der Waals surface area contributed by atoms with Gasteiger partial charge in [0.1, 0.15) is 0 Å². The van der Waals surface area contributed by atoms with Crippen LogP contribution in [0.15, 0.2) is 24.3 Å². The Morgan fingerprint density at radius 1 is 0.500 bits per heavy atom. The molecule has 1 aromatic rings. The van der Waals surface area contributed by atoms with Crippen molar-refractivity contribution in [2.24, 2.45) is 5.41 Å². The minimum atomic E-state index is -4.37. The molecular weight excluding hydrogens is 583 g/mol. The predicted octanol–water partition coefficient (Wildman–Crippen LogP) is 14.3. The smallest absolute Gasteiger partial charge is 0.321 e. The average Bonchev–Trinajstić information content (AvgIpc) is 3.04. The Balaban J connectivity index is 3.33. The summed E-state index contributed by atoms with van der Waals surface area (Å²) in [5, 5.41) is 0.302. The van der Waals surface area contributed by atoms with E-state index in [1.807, 2.05) is 12.1 Å². The van der Waals surface area contributed by atoms with Crippen LogP contribution in [0.5, 0.6) is 0 Å². The van der Waals surface area contributed by atoms with Crippen molar-refractivity contribution in [3.8, 4) is 0 Å². The molecular formula is C42H79O3P. The van der Waals surface area contributed by atoms with Crippen molar-refractivity contribution in [3.05, 3.63) is 29.8 Å². The highest BCUT2D eigenvalue weighted by Gasteiger charge is 2.40. The number of hydrogen-bond acceptors (Lipinski definition) is 1. The maximum atomic E-state index is 12.9. The summed E-state index contributed by atoms with van der Waals surface area (Å²) in [4.78, 5) is 21.2. The Morgan fingerprint density at radius 2 is 0.826 bits per heavy atom. The lowest BCUT2D eigenvalue weighted by Crippen LogP contribution is -2.33. The van der Waals surface area contributed by atoms with Crippen LogP contribution in [0.1, 0.15) is 232 Å². The van der Waals surface area contributed by atoms with Crippen LogP contribution >= 0.6 is 7.60 Å². The minimum absolute atomic E-state index is 0.118. The molecule has 2 atom stereocenters. The number of rotatable bonds is 33. The average molecular weight is 663 g/mol. The molecule has 0 aliphatic heterocycles. The van der Waals surface area contributed by atoms with E-state index in [0.29, 0.717) is 5.30 Å². The summed E-state index contributed by atoms with van der Waals surface area (Å²) in [7, 11) is -4.37. The molecule has 0 radical (unpaired) electrons. The van der Waals surface area contributed by atoms with E-state index in [2.05, 4.69) is 33.8 Å². The third-order valence-electron chi connectivity index (χ3n) is 10.8. The van der Waals surface area contributed by atoms with Crippen LogP contribution in [0, 0.1) is 5.41 Å². The van der Waals surface area contributed by atoms with Crippen LogP contribution in [0.4, 0.5) is 0 Å². The van der Waals surface area contributed by atoms with Crippen molar-refractivity contribution in [2.75, 3.05) is 0 Å². The lowest BCUT2D eigenvalue weighted by Gasteiger charge is -2.43. The van der Waals surface area contributed by atoms with Crippen molar-refractivity contribution in [2.45, 2.75) is 226 Å². The van der Waals surface area contributed by atoms with Gasteiger partial charge in [-0.3, -0.25) is 4.57 Å². The molecule has 2 N–H and O–H groups in total. The van der Waals surface area contributed by atoms with Crippen molar-refractivity contribution in [1.29, 1.82) is 0 Å². The van der Waals surface area contributed by atoms with E-state index in [4.69, 9.17) is 0 Å². The van der Waals surface area contributed by atoms with E-state index in [1.165, 1.54) is 186 Å². The first-order valence-electron chi connectivity index (χ1n) is 20.5. The highest BCUT2D eigenvalue weighted by Crippen LogP contribution is 2.52. The molecule has 0 aliphatic carbocycles. The van der Waals surface area contributed by atoms with Gasteiger partial charge in [-0.15, -0.1) is 0 Å². The highest BCUT2D eigenvalue weighted by molar-refractivity contribution is 7.60. The van der Waals surface area contributed by atoms with Crippen LogP contribution in [0.2, 0.25) is 0 Å². The first-order chi connectivity index (χ1) is 22.4. The molecule has 0 fully saturated rings. The van der Waals surface area contributed by atoms with Gasteiger partial charge in [0, 0.05) is 0 Å². The summed E-state index contributed by atoms with van der Waals surface area (Å²) >= 11 is 0. The third-order valence-corrected chi connectivity index (χ3v) is 11.8. The molecule has 0 saturated carbocycles. The molecule has 2 unspecified atom stereocenters. The molecule has 0 spiro atoms. The van der Waals surface area contributed by atoms with Gasteiger partial charge >= 0.3 is 7.60 Å². The van der Waals surface area contributed by atoms with E-state index in [1.54, 1.807) is 6.07 Å². The largest absolute Gasteiger partial charge is 0.356 e. The van der Waals surface area contributed by atoms with Gasteiger partial charge in [0.15, 0.2) is 0 Å². The Bertz CT molecular complexity index is 864. The van der Waals surface area contributed by atoms with E-state index in [-0.39, 0.29) is 11.3 Å². The fourth-order valence-corrected chi connectivity index (χ4v) is 8.84.